The molecule has 0 saturated carbocycles. The Morgan fingerprint density at radius 1 is 1.36 bits per heavy atom. The van der Waals surface area contributed by atoms with E-state index in [9.17, 15) is 13.2 Å². The maximum Gasteiger partial charge on any atom is 0.525 e. The minimum absolute atomic E-state index is 1.20. The van der Waals surface area contributed by atoms with Crippen molar-refractivity contribution in [2.75, 3.05) is 0 Å². The third-order valence-corrected chi connectivity index (χ3v) is 0.838. The highest BCUT2D eigenvalue weighted by molar-refractivity contribution is 5.71. The fourth-order valence-corrected chi connectivity index (χ4v) is 0.504. The first-order valence-corrected chi connectivity index (χ1v) is 2.71. The molecule has 0 aromatic carbocycles. The van der Waals surface area contributed by atoms with Gasteiger partial charge in [0, 0.05) is 12.4 Å². The zero-order chi connectivity index (χ0) is 8.32. The Hall–Kier alpha value is -1.04. The van der Waals surface area contributed by atoms with E-state index in [1.165, 1.54) is 18.5 Å². The average Bonchev–Trinajstić information content (AvgIpc) is 1.85. The molecule has 1 rings (SSSR count). The first kappa shape index (κ1) is 8.06. The molecule has 0 aromatic heterocycles. The highest BCUT2D eigenvalue weighted by atomic mass is 19.4. The predicted molar refractivity (Wildman–Crippen MR) is 30.7 cm³/mol. The van der Waals surface area contributed by atoms with Crippen molar-refractivity contribution >= 4 is 6.21 Å². The van der Waals surface area contributed by atoms with E-state index in [0.717, 1.165) is 0 Å². The van der Waals surface area contributed by atoms with E-state index in [0.29, 0.717) is 0 Å². The molecule has 0 spiro atoms. The summed E-state index contributed by atoms with van der Waals surface area (Å²) in [6.07, 6.45) is -2.35. The topological polar surface area (TPSA) is 35.7 Å². The first-order valence-electron chi connectivity index (χ1n) is 2.71. The monoisotopic (exact) mass is 165 g/mol. The van der Waals surface area contributed by atoms with E-state index in [1.807, 2.05) is 0 Å². The van der Waals surface area contributed by atoms with Crippen molar-refractivity contribution in [2.45, 2.75) is 12.7 Å². The number of allylic oxidation sites excluding steroid dienone is 1. The van der Waals surface area contributed by atoms with Gasteiger partial charge in [-0.25, -0.2) is 15.0 Å². The zero-order valence-electron chi connectivity index (χ0n) is 5.25. The fraction of sp³-hybridized carbons (Fsp3) is 0.400. The van der Waals surface area contributed by atoms with Crippen LogP contribution in [0, 0.1) is 0 Å². The molecule has 1 heterocycles. The van der Waals surface area contributed by atoms with E-state index >= 15 is 0 Å². The van der Waals surface area contributed by atoms with Gasteiger partial charge in [-0.15, -0.1) is 13.2 Å². The Morgan fingerprint density at radius 2 is 2.09 bits per heavy atom. The van der Waals surface area contributed by atoms with Crippen LogP contribution in [0.4, 0.5) is 13.2 Å². The van der Waals surface area contributed by atoms with Gasteiger partial charge in [0.15, 0.2) is 0 Å². The number of alkyl halides is 3. The van der Waals surface area contributed by atoms with Crippen LogP contribution in [-0.4, -0.2) is 18.9 Å². The molecule has 0 amide bonds. The summed E-state index contributed by atoms with van der Waals surface area (Å²) in [6, 6.07) is 0. The van der Waals surface area contributed by atoms with Crippen molar-refractivity contribution < 1.29 is 17.9 Å². The second kappa shape index (κ2) is 2.91. The summed E-state index contributed by atoms with van der Waals surface area (Å²) in [6.45, 7) is 0. The Balaban J connectivity index is 2.39. The number of nitrogens with zero attached hydrogens (tertiary/aromatic N) is 2. The maximum absolute atomic E-state index is 11.5. The minimum atomic E-state index is -4.68. The van der Waals surface area contributed by atoms with Crippen LogP contribution in [0.15, 0.2) is 17.3 Å². The van der Waals surface area contributed by atoms with Gasteiger partial charge in [0.1, 0.15) is 0 Å². The highest BCUT2D eigenvalue weighted by Gasteiger charge is 2.33. The molecule has 11 heavy (non-hydrogen) atoms. The first-order chi connectivity index (χ1) is 5.08. The van der Waals surface area contributed by atoms with E-state index in [2.05, 4.69) is 15.0 Å². The van der Waals surface area contributed by atoms with E-state index in [-0.39, 0.29) is 0 Å². The minimum Gasteiger partial charge on any atom is -0.245 e. The second-order valence-corrected chi connectivity index (χ2v) is 1.68. The summed E-state index contributed by atoms with van der Waals surface area (Å²) in [4.78, 5) is 3.29. The van der Waals surface area contributed by atoms with Crippen molar-refractivity contribution in [1.82, 2.24) is 5.32 Å². The lowest BCUT2D eigenvalue weighted by atomic mass is 10.6. The van der Waals surface area contributed by atoms with Gasteiger partial charge in [0.25, 0.3) is 6.35 Å². The molecule has 0 saturated heterocycles. The van der Waals surface area contributed by atoms with Crippen molar-refractivity contribution in [2.24, 2.45) is 4.99 Å². The van der Waals surface area contributed by atoms with Crippen LogP contribution in [0.25, 0.3) is 0 Å². The van der Waals surface area contributed by atoms with Crippen molar-refractivity contribution in [3.05, 3.63) is 12.3 Å². The van der Waals surface area contributed by atoms with Crippen molar-refractivity contribution in [3.8, 4) is 0 Å². The normalized spacial score (nSPS) is 23.4. The van der Waals surface area contributed by atoms with Crippen LogP contribution in [0.1, 0.15) is 0 Å². The molecule has 0 aliphatic carbocycles. The fourth-order valence-electron chi connectivity index (χ4n) is 0.504. The van der Waals surface area contributed by atoms with Gasteiger partial charge >= 0.3 is 6.36 Å². The van der Waals surface area contributed by atoms with Gasteiger partial charge in [-0.05, 0) is 6.08 Å². The third-order valence-electron chi connectivity index (χ3n) is 0.838. The summed E-state index contributed by atoms with van der Waals surface area (Å²) in [5.41, 5.74) is 0. The molecule has 0 aromatic rings. The second-order valence-electron chi connectivity index (χ2n) is 1.68. The van der Waals surface area contributed by atoms with Gasteiger partial charge in [0.05, 0.1) is 0 Å². The van der Waals surface area contributed by atoms with Gasteiger partial charge in [-0.3, -0.25) is 0 Å². The number of hydrogen-bond acceptors (Lipinski definition) is 2. The summed E-state index contributed by atoms with van der Waals surface area (Å²) < 4.78 is 37.8. The van der Waals surface area contributed by atoms with Gasteiger partial charge in [-0.2, -0.15) is 0 Å². The molecule has 1 atom stereocenters. The standard InChI is InChI=1S/C5H4F3N2O/c6-5(7,8)11-4-9-2-1-3-10-4/h1-4H. The molecular formula is C5H4F3N2O. The Bertz CT molecular complexity index is 187. The van der Waals surface area contributed by atoms with Crippen molar-refractivity contribution in [1.29, 1.82) is 0 Å². The summed E-state index contributed by atoms with van der Waals surface area (Å²) in [7, 11) is 0. The number of hydrogen-bond donors (Lipinski definition) is 0. The predicted octanol–water partition coefficient (Wildman–Crippen LogP) is 1.01. The van der Waals surface area contributed by atoms with E-state index in [1.54, 1.807) is 0 Å². The zero-order valence-corrected chi connectivity index (χ0v) is 5.25. The molecule has 61 valence electrons. The largest absolute Gasteiger partial charge is 0.525 e. The number of aliphatic imine (C=N–C) groups is 1. The molecule has 6 heteroatoms. The summed E-state index contributed by atoms with van der Waals surface area (Å²) in [5.74, 6) is 0. The Morgan fingerprint density at radius 3 is 2.55 bits per heavy atom. The summed E-state index contributed by atoms with van der Waals surface area (Å²) in [5, 5.41) is 3.29. The van der Waals surface area contributed by atoms with Crippen LogP contribution in [-0.2, 0) is 4.74 Å². The van der Waals surface area contributed by atoms with Crippen LogP contribution in [0.2, 0.25) is 0 Å². The van der Waals surface area contributed by atoms with Crippen LogP contribution < -0.4 is 5.32 Å². The third kappa shape index (κ3) is 3.03. The van der Waals surface area contributed by atoms with E-state index in [4.69, 9.17) is 0 Å². The van der Waals surface area contributed by atoms with Gasteiger partial charge < -0.3 is 0 Å². The molecule has 0 N–H and O–H groups in total. The molecule has 0 bridgehead atoms. The van der Waals surface area contributed by atoms with Crippen LogP contribution in [0.3, 0.4) is 0 Å². The molecule has 1 radical (unpaired) electrons. The van der Waals surface area contributed by atoms with Crippen LogP contribution >= 0.6 is 0 Å². The number of ether oxygens (including phenoxy) is 1. The van der Waals surface area contributed by atoms with E-state index < -0.39 is 12.7 Å². The lowest BCUT2D eigenvalue weighted by molar-refractivity contribution is -0.344. The maximum atomic E-state index is 11.5. The van der Waals surface area contributed by atoms with Crippen molar-refractivity contribution in [3.63, 3.8) is 0 Å². The smallest absolute Gasteiger partial charge is 0.245 e. The Labute approximate surface area is 60.6 Å². The molecule has 3 nitrogen and oxygen atoms in total. The molecule has 0 fully saturated rings. The SMILES string of the molecule is FC(F)(F)OC1[N]C=CC=N1. The highest BCUT2D eigenvalue weighted by Crippen LogP contribution is 2.19. The number of halogens is 3. The molecule has 1 aliphatic heterocycles. The lowest BCUT2D eigenvalue weighted by Gasteiger charge is -2.14. The average molecular weight is 165 g/mol. The summed E-state index contributed by atoms with van der Waals surface area (Å²) >= 11 is 0. The molecule has 1 aliphatic rings. The lowest BCUT2D eigenvalue weighted by Crippen LogP contribution is -2.29. The van der Waals surface area contributed by atoms with Crippen LogP contribution in [0.5, 0.6) is 0 Å². The van der Waals surface area contributed by atoms with Gasteiger partial charge in [-0.1, -0.05) is 0 Å². The quantitative estimate of drug-likeness (QED) is 0.571. The Kier molecular flexibility index (Phi) is 2.13. The number of rotatable bonds is 1. The van der Waals surface area contributed by atoms with Gasteiger partial charge in [0.2, 0.25) is 0 Å². The molecule has 1 unspecified atom stereocenters. The molecular weight excluding hydrogens is 161 g/mol.